The Morgan fingerprint density at radius 1 is 1.22 bits per heavy atom. The lowest BCUT2D eigenvalue weighted by molar-refractivity contribution is 0.0975. The molecule has 2 rings (SSSR count). The lowest BCUT2D eigenvalue weighted by Gasteiger charge is -1.98. The van der Waals surface area contributed by atoms with E-state index in [1.807, 2.05) is 31.3 Å². The van der Waals surface area contributed by atoms with Crippen molar-refractivity contribution < 1.29 is 4.79 Å². The summed E-state index contributed by atoms with van der Waals surface area (Å²) in [6.45, 7) is 2.17. The summed E-state index contributed by atoms with van der Waals surface area (Å²) in [6.07, 6.45) is 5.11. The molecule has 0 amide bonds. The van der Waals surface area contributed by atoms with Crippen LogP contribution in [0.3, 0.4) is 0 Å². The molecule has 3 nitrogen and oxygen atoms in total. The number of unbranched alkanes of at least 4 members (excludes halogenated alkanes) is 3. The number of carbonyl (C=O) groups is 1. The summed E-state index contributed by atoms with van der Waals surface area (Å²) in [4.78, 5) is 12.2. The molecule has 0 radical (unpaired) electrons. The molecule has 0 aliphatic heterocycles. The molecule has 1 heterocycles. The van der Waals surface area contributed by atoms with Crippen molar-refractivity contribution in [1.29, 1.82) is 0 Å². The number of ketones is 1. The van der Waals surface area contributed by atoms with E-state index in [9.17, 15) is 4.79 Å². The minimum Gasteiger partial charge on any atom is -0.292 e. The number of hydrogen-bond acceptors (Lipinski definition) is 2. The molecule has 1 aromatic heterocycles. The Bertz CT molecular complexity index is 542. The molecular formula is C15H20N2O. The summed E-state index contributed by atoms with van der Waals surface area (Å²) >= 11 is 0. The number of Topliss-reactive ketones (excluding diaryl/α,β-unsaturated/α-hetero) is 1. The number of carbonyl (C=O) groups excluding carboxylic acids is 1. The van der Waals surface area contributed by atoms with Gasteiger partial charge in [0.2, 0.25) is 0 Å². The van der Waals surface area contributed by atoms with Gasteiger partial charge >= 0.3 is 0 Å². The Kier molecular flexibility index (Phi) is 4.13. The molecule has 2 aromatic rings. The smallest absolute Gasteiger partial charge is 0.183 e. The summed E-state index contributed by atoms with van der Waals surface area (Å²) in [5, 5.41) is 5.33. The van der Waals surface area contributed by atoms with E-state index in [-0.39, 0.29) is 5.78 Å². The van der Waals surface area contributed by atoms with E-state index < -0.39 is 0 Å². The van der Waals surface area contributed by atoms with Gasteiger partial charge in [-0.05, 0) is 12.5 Å². The second kappa shape index (κ2) is 5.80. The van der Waals surface area contributed by atoms with Gasteiger partial charge in [0.15, 0.2) is 5.78 Å². The third-order valence-electron chi connectivity index (χ3n) is 3.28. The standard InChI is InChI=1S/C15H20N2O/c1-3-4-5-6-11-14(18)15-12-9-7-8-10-13(12)17(2)16-15/h7-10H,3-6,11H2,1-2H3. The maximum Gasteiger partial charge on any atom is 0.183 e. The highest BCUT2D eigenvalue weighted by Crippen LogP contribution is 2.19. The van der Waals surface area contributed by atoms with E-state index >= 15 is 0 Å². The maximum atomic E-state index is 12.2. The van der Waals surface area contributed by atoms with Gasteiger partial charge in [-0.15, -0.1) is 0 Å². The van der Waals surface area contributed by atoms with E-state index in [1.54, 1.807) is 4.68 Å². The summed E-state index contributed by atoms with van der Waals surface area (Å²) in [7, 11) is 1.89. The van der Waals surface area contributed by atoms with Crippen molar-refractivity contribution in [2.24, 2.45) is 7.05 Å². The van der Waals surface area contributed by atoms with Crippen molar-refractivity contribution in [2.45, 2.75) is 39.0 Å². The summed E-state index contributed by atoms with van der Waals surface area (Å²) in [6, 6.07) is 7.90. The molecule has 0 aliphatic carbocycles. The van der Waals surface area contributed by atoms with Crippen LogP contribution in [0.25, 0.3) is 10.9 Å². The molecule has 1 aromatic carbocycles. The van der Waals surface area contributed by atoms with E-state index in [2.05, 4.69) is 12.0 Å². The predicted octanol–water partition coefficient (Wildman–Crippen LogP) is 3.73. The Hall–Kier alpha value is -1.64. The van der Waals surface area contributed by atoms with Crippen LogP contribution in [0.1, 0.15) is 49.5 Å². The molecule has 0 fully saturated rings. The maximum absolute atomic E-state index is 12.2. The normalized spacial score (nSPS) is 11.0. The molecule has 0 saturated heterocycles. The van der Waals surface area contributed by atoms with Gasteiger partial charge in [-0.1, -0.05) is 44.4 Å². The first-order valence-electron chi connectivity index (χ1n) is 6.69. The zero-order chi connectivity index (χ0) is 13.0. The summed E-state index contributed by atoms with van der Waals surface area (Å²) in [5.74, 6) is 0.169. The Morgan fingerprint density at radius 2 is 2.00 bits per heavy atom. The zero-order valence-corrected chi connectivity index (χ0v) is 11.1. The van der Waals surface area contributed by atoms with E-state index in [0.717, 1.165) is 23.7 Å². The molecule has 0 spiro atoms. The fourth-order valence-electron chi connectivity index (χ4n) is 2.25. The first-order chi connectivity index (χ1) is 8.74. The Balaban J connectivity index is 2.13. The lowest BCUT2D eigenvalue weighted by atomic mass is 10.1. The van der Waals surface area contributed by atoms with Crippen molar-refractivity contribution in [3.63, 3.8) is 0 Å². The third kappa shape index (κ3) is 2.61. The molecule has 0 saturated carbocycles. The SMILES string of the molecule is CCCCCCC(=O)c1nn(C)c2ccccc12. The Labute approximate surface area is 108 Å². The van der Waals surface area contributed by atoms with Crippen molar-refractivity contribution in [3.05, 3.63) is 30.0 Å². The van der Waals surface area contributed by atoms with Crippen molar-refractivity contribution in [3.8, 4) is 0 Å². The van der Waals surface area contributed by atoms with E-state index in [4.69, 9.17) is 0 Å². The van der Waals surface area contributed by atoms with Crippen molar-refractivity contribution in [1.82, 2.24) is 9.78 Å². The number of rotatable bonds is 6. The molecule has 18 heavy (non-hydrogen) atoms. The van der Waals surface area contributed by atoms with Crippen LogP contribution in [0.2, 0.25) is 0 Å². The summed E-state index contributed by atoms with van der Waals surface area (Å²) < 4.78 is 1.79. The number of aryl methyl sites for hydroxylation is 1. The number of benzene rings is 1. The fourth-order valence-corrected chi connectivity index (χ4v) is 2.25. The monoisotopic (exact) mass is 244 g/mol. The first-order valence-corrected chi connectivity index (χ1v) is 6.69. The lowest BCUT2D eigenvalue weighted by Crippen LogP contribution is -2.01. The minimum absolute atomic E-state index is 0.169. The molecule has 0 unspecified atom stereocenters. The van der Waals surface area contributed by atoms with Gasteiger partial charge in [0.1, 0.15) is 5.69 Å². The molecule has 96 valence electrons. The molecule has 0 N–H and O–H groups in total. The van der Waals surface area contributed by atoms with Gasteiger partial charge < -0.3 is 0 Å². The van der Waals surface area contributed by atoms with Crippen LogP contribution < -0.4 is 0 Å². The van der Waals surface area contributed by atoms with Gasteiger partial charge in [0.25, 0.3) is 0 Å². The Morgan fingerprint density at radius 3 is 2.78 bits per heavy atom. The van der Waals surface area contributed by atoms with Crippen LogP contribution >= 0.6 is 0 Å². The number of nitrogens with zero attached hydrogens (tertiary/aromatic N) is 2. The highest BCUT2D eigenvalue weighted by molar-refractivity contribution is 6.05. The average Bonchev–Trinajstić information content (AvgIpc) is 2.73. The highest BCUT2D eigenvalue weighted by Gasteiger charge is 2.14. The van der Waals surface area contributed by atoms with Gasteiger partial charge in [-0.3, -0.25) is 9.48 Å². The first kappa shape index (κ1) is 12.8. The quantitative estimate of drug-likeness (QED) is 0.573. The fraction of sp³-hybridized carbons (Fsp3) is 0.467. The summed E-state index contributed by atoms with van der Waals surface area (Å²) in [5.41, 5.74) is 1.65. The van der Waals surface area contributed by atoms with Crippen LogP contribution in [0.5, 0.6) is 0 Å². The molecule has 0 bridgehead atoms. The van der Waals surface area contributed by atoms with Crippen LogP contribution in [0.4, 0.5) is 0 Å². The second-order valence-electron chi connectivity index (χ2n) is 4.72. The van der Waals surface area contributed by atoms with Gasteiger partial charge in [0, 0.05) is 18.9 Å². The van der Waals surface area contributed by atoms with E-state index in [1.165, 1.54) is 12.8 Å². The zero-order valence-electron chi connectivity index (χ0n) is 11.1. The highest BCUT2D eigenvalue weighted by atomic mass is 16.1. The van der Waals surface area contributed by atoms with Crippen LogP contribution in [0.15, 0.2) is 24.3 Å². The topological polar surface area (TPSA) is 34.9 Å². The predicted molar refractivity (Wildman–Crippen MR) is 73.8 cm³/mol. The number of fused-ring (bicyclic) bond motifs is 1. The average molecular weight is 244 g/mol. The van der Waals surface area contributed by atoms with Crippen LogP contribution in [0, 0.1) is 0 Å². The third-order valence-corrected chi connectivity index (χ3v) is 3.28. The van der Waals surface area contributed by atoms with Gasteiger partial charge in [-0.25, -0.2) is 0 Å². The number of para-hydroxylation sites is 1. The van der Waals surface area contributed by atoms with Crippen LogP contribution in [-0.4, -0.2) is 15.6 Å². The molecular weight excluding hydrogens is 224 g/mol. The molecule has 3 heteroatoms. The van der Waals surface area contributed by atoms with Gasteiger partial charge in [0.05, 0.1) is 5.52 Å². The number of aromatic nitrogens is 2. The van der Waals surface area contributed by atoms with Crippen molar-refractivity contribution in [2.75, 3.05) is 0 Å². The van der Waals surface area contributed by atoms with Crippen molar-refractivity contribution >= 4 is 16.7 Å². The van der Waals surface area contributed by atoms with Gasteiger partial charge in [-0.2, -0.15) is 5.10 Å². The second-order valence-corrected chi connectivity index (χ2v) is 4.72. The largest absolute Gasteiger partial charge is 0.292 e. The van der Waals surface area contributed by atoms with Crippen LogP contribution in [-0.2, 0) is 7.05 Å². The minimum atomic E-state index is 0.169. The number of hydrogen-bond donors (Lipinski definition) is 0. The molecule has 0 atom stereocenters. The van der Waals surface area contributed by atoms with E-state index in [0.29, 0.717) is 12.1 Å². The molecule has 0 aliphatic rings.